The summed E-state index contributed by atoms with van der Waals surface area (Å²) in [7, 11) is 1.84. The quantitative estimate of drug-likeness (QED) is 0.938. The summed E-state index contributed by atoms with van der Waals surface area (Å²) >= 11 is 1.63. The van der Waals surface area contributed by atoms with Crippen LogP contribution < -0.4 is 5.32 Å². The zero-order valence-electron chi connectivity index (χ0n) is 12.3. The first-order chi connectivity index (χ1) is 9.41. The number of hydrogen-bond donors (Lipinski definition) is 1. The number of nitrogens with one attached hydrogen (secondary N) is 1. The molecule has 0 spiro atoms. The third-order valence-electron chi connectivity index (χ3n) is 3.23. The maximum Gasteiger partial charge on any atom is 0.146 e. The van der Waals surface area contributed by atoms with Crippen molar-refractivity contribution in [2.75, 3.05) is 7.05 Å². The highest BCUT2D eigenvalue weighted by Gasteiger charge is 2.20. The third-order valence-corrected chi connectivity index (χ3v) is 4.10. The first-order valence-electron chi connectivity index (χ1n) is 6.63. The molecule has 0 saturated heterocycles. The predicted molar refractivity (Wildman–Crippen MR) is 80.5 cm³/mol. The molecule has 0 amide bonds. The van der Waals surface area contributed by atoms with Gasteiger partial charge in [-0.2, -0.15) is 0 Å². The number of pyridine rings is 1. The Bertz CT molecular complexity index is 574. The van der Waals surface area contributed by atoms with Gasteiger partial charge in [-0.25, -0.2) is 9.37 Å². The summed E-state index contributed by atoms with van der Waals surface area (Å²) < 4.78 is 13.8. The lowest BCUT2D eigenvalue weighted by molar-refractivity contribution is 0.525. The Labute approximate surface area is 123 Å². The van der Waals surface area contributed by atoms with Crippen molar-refractivity contribution in [1.82, 2.24) is 15.3 Å². The van der Waals surface area contributed by atoms with E-state index in [4.69, 9.17) is 0 Å². The van der Waals surface area contributed by atoms with Crippen LogP contribution in [-0.2, 0) is 11.8 Å². The summed E-state index contributed by atoms with van der Waals surface area (Å²) in [5.41, 5.74) is 1.77. The molecule has 5 heteroatoms. The first-order valence-corrected chi connectivity index (χ1v) is 7.51. The molecule has 2 heterocycles. The number of nitrogens with zero attached hydrogens (tertiary/aromatic N) is 2. The number of likely N-dealkylation sites (N-methyl/N-ethyl adjacent to an activating group) is 1. The average Bonchev–Trinajstić information content (AvgIpc) is 2.85. The molecule has 0 radical (unpaired) electrons. The van der Waals surface area contributed by atoms with Gasteiger partial charge in [0.15, 0.2) is 0 Å². The number of rotatable bonds is 4. The molecule has 2 aromatic heterocycles. The van der Waals surface area contributed by atoms with Crippen LogP contribution in [0.5, 0.6) is 0 Å². The van der Waals surface area contributed by atoms with Crippen LogP contribution in [0.1, 0.15) is 43.1 Å². The van der Waals surface area contributed by atoms with Crippen molar-refractivity contribution >= 4 is 11.3 Å². The highest BCUT2D eigenvalue weighted by molar-refractivity contribution is 7.09. The van der Waals surface area contributed by atoms with Crippen LogP contribution in [0.15, 0.2) is 23.8 Å². The molecule has 20 heavy (non-hydrogen) atoms. The Morgan fingerprint density at radius 2 is 2.15 bits per heavy atom. The van der Waals surface area contributed by atoms with Crippen LogP contribution in [-0.4, -0.2) is 17.0 Å². The molecule has 0 fully saturated rings. The topological polar surface area (TPSA) is 37.8 Å². The van der Waals surface area contributed by atoms with E-state index >= 15 is 0 Å². The minimum absolute atomic E-state index is 0.0474. The molecule has 108 valence electrons. The fourth-order valence-corrected chi connectivity index (χ4v) is 3.03. The van der Waals surface area contributed by atoms with E-state index in [1.165, 1.54) is 6.20 Å². The maximum atomic E-state index is 13.8. The number of thiazole rings is 1. The van der Waals surface area contributed by atoms with E-state index in [1.807, 2.05) is 7.05 Å². The normalized spacial score (nSPS) is 13.4. The van der Waals surface area contributed by atoms with Crippen LogP contribution in [0.25, 0.3) is 0 Å². The summed E-state index contributed by atoms with van der Waals surface area (Å²) in [5.74, 6) is -0.278. The van der Waals surface area contributed by atoms with Gasteiger partial charge in [0.1, 0.15) is 5.82 Å². The maximum absolute atomic E-state index is 13.8. The lowest BCUT2D eigenvalue weighted by Gasteiger charge is -2.16. The van der Waals surface area contributed by atoms with Gasteiger partial charge in [0, 0.05) is 35.0 Å². The summed E-state index contributed by atoms with van der Waals surface area (Å²) in [4.78, 5) is 8.45. The Morgan fingerprint density at radius 1 is 1.40 bits per heavy atom. The zero-order valence-corrected chi connectivity index (χ0v) is 13.1. The lowest BCUT2D eigenvalue weighted by atomic mass is 9.93. The summed E-state index contributed by atoms with van der Waals surface area (Å²) in [6.45, 7) is 6.43. The van der Waals surface area contributed by atoms with Gasteiger partial charge in [0.2, 0.25) is 0 Å². The molecule has 1 N–H and O–H groups in total. The summed E-state index contributed by atoms with van der Waals surface area (Å²) in [6, 6.07) is 1.63. The van der Waals surface area contributed by atoms with E-state index in [2.05, 4.69) is 41.4 Å². The van der Waals surface area contributed by atoms with Crippen molar-refractivity contribution in [1.29, 1.82) is 0 Å². The second-order valence-corrected chi connectivity index (χ2v) is 6.76. The molecular formula is C15H20FN3S. The van der Waals surface area contributed by atoms with E-state index < -0.39 is 0 Å². The van der Waals surface area contributed by atoms with E-state index in [9.17, 15) is 4.39 Å². The molecule has 0 aromatic carbocycles. The van der Waals surface area contributed by atoms with Gasteiger partial charge in [-0.05, 0) is 13.1 Å². The van der Waals surface area contributed by atoms with Crippen LogP contribution in [0.4, 0.5) is 4.39 Å². The monoisotopic (exact) mass is 293 g/mol. The van der Waals surface area contributed by atoms with Gasteiger partial charge in [-0.1, -0.05) is 20.8 Å². The Balaban J connectivity index is 2.19. The van der Waals surface area contributed by atoms with Gasteiger partial charge in [-0.3, -0.25) is 4.98 Å². The molecule has 1 atom stereocenters. The van der Waals surface area contributed by atoms with Crippen molar-refractivity contribution in [2.45, 2.75) is 38.6 Å². The first kappa shape index (κ1) is 15.1. The van der Waals surface area contributed by atoms with Crippen molar-refractivity contribution in [3.05, 3.63) is 45.9 Å². The standard InChI is InChI=1S/C15H20FN3S/c1-15(2,3)13-9-20-14(19-13)7-12(17-4)10-5-6-18-8-11(10)16/h5-6,8-9,12,17H,7H2,1-4H3. The second-order valence-electron chi connectivity index (χ2n) is 5.82. The molecule has 1 unspecified atom stereocenters. The SMILES string of the molecule is CNC(Cc1nc(C(C)(C)C)cs1)c1ccncc1F. The van der Waals surface area contributed by atoms with Crippen LogP contribution in [0, 0.1) is 5.82 Å². The highest BCUT2D eigenvalue weighted by Crippen LogP contribution is 2.27. The minimum atomic E-state index is -0.278. The molecule has 2 aromatic rings. The Morgan fingerprint density at radius 3 is 2.70 bits per heavy atom. The largest absolute Gasteiger partial charge is 0.313 e. The van der Waals surface area contributed by atoms with E-state index in [0.717, 1.165) is 10.7 Å². The molecule has 0 aliphatic carbocycles. The Kier molecular flexibility index (Phi) is 4.50. The highest BCUT2D eigenvalue weighted by atomic mass is 32.1. The third kappa shape index (κ3) is 3.41. The van der Waals surface area contributed by atoms with Crippen molar-refractivity contribution in [3.63, 3.8) is 0 Å². The van der Waals surface area contributed by atoms with Crippen molar-refractivity contribution in [3.8, 4) is 0 Å². The van der Waals surface area contributed by atoms with Crippen molar-refractivity contribution < 1.29 is 4.39 Å². The molecule has 0 bridgehead atoms. The van der Waals surface area contributed by atoms with Crippen LogP contribution in [0.3, 0.4) is 0 Å². The fraction of sp³-hybridized carbons (Fsp3) is 0.467. The Hall–Kier alpha value is -1.33. The van der Waals surface area contributed by atoms with Crippen molar-refractivity contribution in [2.24, 2.45) is 0 Å². The van der Waals surface area contributed by atoms with E-state index in [-0.39, 0.29) is 17.3 Å². The molecule has 0 aliphatic rings. The lowest BCUT2D eigenvalue weighted by Crippen LogP contribution is -2.20. The van der Waals surface area contributed by atoms with Gasteiger partial charge in [0.05, 0.1) is 16.9 Å². The van der Waals surface area contributed by atoms with Gasteiger partial charge >= 0.3 is 0 Å². The number of hydrogen-bond acceptors (Lipinski definition) is 4. The number of halogens is 1. The number of aromatic nitrogens is 2. The summed E-state index contributed by atoms with van der Waals surface area (Å²) in [5, 5.41) is 6.26. The van der Waals surface area contributed by atoms with Crippen LogP contribution in [0.2, 0.25) is 0 Å². The molecule has 0 aliphatic heterocycles. The second kappa shape index (κ2) is 5.97. The van der Waals surface area contributed by atoms with Gasteiger partial charge in [-0.15, -0.1) is 11.3 Å². The van der Waals surface area contributed by atoms with E-state index in [1.54, 1.807) is 23.6 Å². The predicted octanol–water partition coefficient (Wildman–Crippen LogP) is 3.48. The van der Waals surface area contributed by atoms with Crippen LogP contribution >= 0.6 is 11.3 Å². The van der Waals surface area contributed by atoms with Gasteiger partial charge in [0.25, 0.3) is 0 Å². The summed E-state index contributed by atoms with van der Waals surface area (Å²) in [6.07, 6.45) is 3.55. The average molecular weight is 293 g/mol. The molecule has 2 rings (SSSR count). The molecular weight excluding hydrogens is 273 g/mol. The fourth-order valence-electron chi connectivity index (χ4n) is 1.96. The van der Waals surface area contributed by atoms with E-state index in [0.29, 0.717) is 12.0 Å². The molecule has 3 nitrogen and oxygen atoms in total. The molecule has 0 saturated carbocycles. The smallest absolute Gasteiger partial charge is 0.146 e. The zero-order chi connectivity index (χ0) is 14.8. The minimum Gasteiger partial charge on any atom is -0.313 e. The van der Waals surface area contributed by atoms with Gasteiger partial charge < -0.3 is 5.32 Å².